The summed E-state index contributed by atoms with van der Waals surface area (Å²) in [4.78, 5) is 14.5. The standard InChI is InChI=1S/C12H8Cl2N2O4S/c13-9-5-4-7(6-8(9)12(17)18)21(19,20)16-11-3-1-2-10(14)15-11/h1-6H,(H,15,16)(H,17,18). The zero-order valence-corrected chi connectivity index (χ0v) is 12.6. The largest absolute Gasteiger partial charge is 0.478 e. The number of carbonyl (C=O) groups is 1. The van der Waals surface area contributed by atoms with E-state index in [4.69, 9.17) is 28.3 Å². The van der Waals surface area contributed by atoms with Crippen molar-refractivity contribution in [3.8, 4) is 0 Å². The van der Waals surface area contributed by atoms with Crippen molar-refractivity contribution in [1.29, 1.82) is 0 Å². The van der Waals surface area contributed by atoms with Crippen molar-refractivity contribution in [2.45, 2.75) is 4.90 Å². The van der Waals surface area contributed by atoms with Crippen LogP contribution in [0.25, 0.3) is 0 Å². The van der Waals surface area contributed by atoms with Gasteiger partial charge in [0.25, 0.3) is 10.0 Å². The van der Waals surface area contributed by atoms with Crippen LogP contribution in [-0.2, 0) is 10.0 Å². The zero-order chi connectivity index (χ0) is 15.6. The summed E-state index contributed by atoms with van der Waals surface area (Å²) in [5.41, 5.74) is -0.307. The molecule has 0 bridgehead atoms. The number of aromatic carboxylic acids is 1. The van der Waals surface area contributed by atoms with Gasteiger partial charge in [0.2, 0.25) is 0 Å². The predicted octanol–water partition coefficient (Wildman–Crippen LogP) is 2.89. The molecule has 2 aromatic rings. The number of hydrogen-bond donors (Lipinski definition) is 2. The van der Waals surface area contributed by atoms with E-state index in [0.717, 1.165) is 6.07 Å². The Morgan fingerprint density at radius 2 is 1.90 bits per heavy atom. The molecule has 0 aliphatic rings. The van der Waals surface area contributed by atoms with E-state index in [1.54, 1.807) is 0 Å². The number of nitrogens with zero attached hydrogens (tertiary/aromatic N) is 1. The van der Waals surface area contributed by atoms with Crippen LogP contribution >= 0.6 is 23.2 Å². The average molecular weight is 347 g/mol. The number of benzene rings is 1. The molecule has 0 atom stereocenters. The van der Waals surface area contributed by atoms with Crippen LogP contribution in [0.1, 0.15) is 10.4 Å². The van der Waals surface area contributed by atoms with E-state index < -0.39 is 16.0 Å². The van der Waals surface area contributed by atoms with Gasteiger partial charge in [-0.25, -0.2) is 18.2 Å². The number of carboxylic acid groups (broad SMARTS) is 1. The van der Waals surface area contributed by atoms with Crippen LogP contribution in [0.2, 0.25) is 10.2 Å². The summed E-state index contributed by atoms with van der Waals surface area (Å²) >= 11 is 11.4. The molecule has 1 heterocycles. The van der Waals surface area contributed by atoms with Crippen LogP contribution < -0.4 is 4.72 Å². The minimum absolute atomic E-state index is 0.0225. The fourth-order valence-corrected chi connectivity index (χ4v) is 2.89. The van der Waals surface area contributed by atoms with Gasteiger partial charge in [0.1, 0.15) is 11.0 Å². The highest BCUT2D eigenvalue weighted by molar-refractivity contribution is 7.92. The Morgan fingerprint density at radius 3 is 2.52 bits per heavy atom. The van der Waals surface area contributed by atoms with Gasteiger partial charge in [-0.05, 0) is 30.3 Å². The molecule has 1 aromatic heterocycles. The highest BCUT2D eigenvalue weighted by Crippen LogP contribution is 2.22. The molecule has 110 valence electrons. The summed E-state index contributed by atoms with van der Waals surface area (Å²) in [6.07, 6.45) is 0. The van der Waals surface area contributed by atoms with Gasteiger partial charge in [0.05, 0.1) is 15.5 Å². The fourth-order valence-electron chi connectivity index (χ4n) is 1.50. The maximum atomic E-state index is 12.2. The topological polar surface area (TPSA) is 96.4 Å². The van der Waals surface area contributed by atoms with Gasteiger partial charge >= 0.3 is 5.97 Å². The van der Waals surface area contributed by atoms with Crippen molar-refractivity contribution in [1.82, 2.24) is 4.98 Å². The second-order valence-electron chi connectivity index (χ2n) is 3.90. The zero-order valence-electron chi connectivity index (χ0n) is 10.2. The number of hydrogen-bond acceptors (Lipinski definition) is 4. The van der Waals surface area contributed by atoms with Crippen molar-refractivity contribution < 1.29 is 18.3 Å². The number of anilines is 1. The maximum Gasteiger partial charge on any atom is 0.337 e. The first kappa shape index (κ1) is 15.6. The summed E-state index contributed by atoms with van der Waals surface area (Å²) in [5, 5.41) is 9.02. The molecule has 1 aromatic carbocycles. The number of aromatic nitrogens is 1. The normalized spacial score (nSPS) is 11.1. The molecule has 0 spiro atoms. The molecular formula is C12H8Cl2N2O4S. The molecule has 2 N–H and O–H groups in total. The van der Waals surface area contributed by atoms with E-state index in [2.05, 4.69) is 9.71 Å². The van der Waals surface area contributed by atoms with Crippen molar-refractivity contribution in [2.75, 3.05) is 4.72 Å². The highest BCUT2D eigenvalue weighted by Gasteiger charge is 2.19. The van der Waals surface area contributed by atoms with E-state index in [1.807, 2.05) is 0 Å². The van der Waals surface area contributed by atoms with Crippen LogP contribution in [0.5, 0.6) is 0 Å². The molecular weight excluding hydrogens is 339 g/mol. The lowest BCUT2D eigenvalue weighted by Crippen LogP contribution is -2.14. The lowest BCUT2D eigenvalue weighted by atomic mass is 10.2. The number of sulfonamides is 1. The third-order valence-electron chi connectivity index (χ3n) is 2.43. The first-order chi connectivity index (χ1) is 9.79. The van der Waals surface area contributed by atoms with Gasteiger partial charge < -0.3 is 5.11 Å². The number of halogens is 2. The summed E-state index contributed by atoms with van der Waals surface area (Å²) in [6.45, 7) is 0. The molecule has 2 rings (SSSR count). The quantitative estimate of drug-likeness (QED) is 0.829. The van der Waals surface area contributed by atoms with Crippen molar-refractivity contribution in [3.63, 3.8) is 0 Å². The molecule has 0 fully saturated rings. The monoisotopic (exact) mass is 346 g/mol. The summed E-state index contributed by atoms with van der Waals surface area (Å²) in [7, 11) is -4.00. The summed E-state index contributed by atoms with van der Waals surface area (Å²) in [5.74, 6) is -1.30. The van der Waals surface area contributed by atoms with Gasteiger partial charge in [0, 0.05) is 0 Å². The fraction of sp³-hybridized carbons (Fsp3) is 0. The first-order valence-corrected chi connectivity index (χ1v) is 7.72. The minimum atomic E-state index is -4.00. The molecule has 0 aliphatic heterocycles. The Kier molecular flexibility index (Phi) is 4.36. The number of pyridine rings is 1. The molecule has 0 saturated heterocycles. The van der Waals surface area contributed by atoms with E-state index in [9.17, 15) is 13.2 Å². The van der Waals surface area contributed by atoms with Crippen LogP contribution in [0, 0.1) is 0 Å². The van der Waals surface area contributed by atoms with Gasteiger partial charge in [-0.1, -0.05) is 29.3 Å². The smallest absolute Gasteiger partial charge is 0.337 e. The second kappa shape index (κ2) is 5.88. The third-order valence-corrected chi connectivity index (χ3v) is 4.33. The van der Waals surface area contributed by atoms with Crippen LogP contribution in [0.4, 0.5) is 5.82 Å². The predicted molar refractivity (Wildman–Crippen MR) is 78.5 cm³/mol. The molecule has 0 radical (unpaired) electrons. The SMILES string of the molecule is O=C(O)c1cc(S(=O)(=O)Nc2cccc(Cl)n2)ccc1Cl. The first-order valence-electron chi connectivity index (χ1n) is 5.48. The number of carboxylic acids is 1. The Labute approximate surface area is 130 Å². The van der Waals surface area contributed by atoms with Crippen molar-refractivity contribution >= 4 is 45.0 Å². The number of nitrogens with one attached hydrogen (secondary N) is 1. The Balaban J connectivity index is 2.40. The molecule has 0 saturated carbocycles. The molecule has 9 heteroatoms. The van der Waals surface area contributed by atoms with E-state index in [1.165, 1.54) is 30.3 Å². The van der Waals surface area contributed by atoms with Crippen molar-refractivity contribution in [3.05, 3.63) is 52.1 Å². The molecule has 0 amide bonds. The molecule has 21 heavy (non-hydrogen) atoms. The highest BCUT2D eigenvalue weighted by atomic mass is 35.5. The van der Waals surface area contributed by atoms with E-state index in [-0.39, 0.29) is 26.5 Å². The summed E-state index contributed by atoms with van der Waals surface area (Å²) in [6, 6.07) is 7.80. The van der Waals surface area contributed by atoms with Gasteiger partial charge in [-0.15, -0.1) is 0 Å². The summed E-state index contributed by atoms with van der Waals surface area (Å²) < 4.78 is 26.5. The molecule has 0 unspecified atom stereocenters. The van der Waals surface area contributed by atoms with Crippen molar-refractivity contribution in [2.24, 2.45) is 0 Å². The van der Waals surface area contributed by atoms with Gasteiger partial charge in [-0.2, -0.15) is 0 Å². The maximum absolute atomic E-state index is 12.2. The Morgan fingerprint density at radius 1 is 1.19 bits per heavy atom. The Bertz CT molecular complexity index is 809. The van der Waals surface area contributed by atoms with Crippen LogP contribution in [0.15, 0.2) is 41.3 Å². The molecule has 6 nitrogen and oxygen atoms in total. The Hall–Kier alpha value is -1.83. The van der Waals surface area contributed by atoms with E-state index >= 15 is 0 Å². The second-order valence-corrected chi connectivity index (χ2v) is 6.37. The van der Waals surface area contributed by atoms with E-state index in [0.29, 0.717) is 0 Å². The lowest BCUT2D eigenvalue weighted by molar-refractivity contribution is 0.0697. The minimum Gasteiger partial charge on any atom is -0.478 e. The van der Waals surface area contributed by atoms with Gasteiger partial charge in [0.15, 0.2) is 0 Å². The third kappa shape index (κ3) is 3.63. The van der Waals surface area contributed by atoms with Gasteiger partial charge in [-0.3, -0.25) is 4.72 Å². The number of rotatable bonds is 4. The average Bonchev–Trinajstić information content (AvgIpc) is 2.38. The van der Waals surface area contributed by atoms with Crippen LogP contribution in [0.3, 0.4) is 0 Å². The van der Waals surface area contributed by atoms with Crippen LogP contribution in [-0.4, -0.2) is 24.5 Å². The molecule has 0 aliphatic carbocycles. The lowest BCUT2D eigenvalue weighted by Gasteiger charge is -2.08.